The van der Waals surface area contributed by atoms with Gasteiger partial charge in [0.05, 0.1) is 18.2 Å². The molecule has 1 unspecified atom stereocenters. The second-order valence-electron chi connectivity index (χ2n) is 4.74. The van der Waals surface area contributed by atoms with E-state index in [2.05, 4.69) is 4.98 Å². The van der Waals surface area contributed by atoms with Crippen LogP contribution in [0.2, 0.25) is 0 Å². The standard InChI is InChI=1S/C14H16FN3O/c1-2-18-8-17-7-12(18)14-6-11(16)10-4-3-9(15)5-13(10)19-14/h3-5,7-8,11,14H,2,6,16H2,1H3/t11-,14?/m0/s1. The summed E-state index contributed by atoms with van der Waals surface area (Å²) in [7, 11) is 0. The van der Waals surface area contributed by atoms with Gasteiger partial charge in [0.2, 0.25) is 0 Å². The third-order valence-electron chi connectivity index (χ3n) is 3.53. The maximum atomic E-state index is 13.3. The van der Waals surface area contributed by atoms with Crippen molar-refractivity contribution in [3.63, 3.8) is 0 Å². The van der Waals surface area contributed by atoms with Crippen molar-refractivity contribution in [3.05, 3.63) is 47.8 Å². The molecule has 2 atom stereocenters. The number of hydrogen-bond acceptors (Lipinski definition) is 3. The van der Waals surface area contributed by atoms with Crippen LogP contribution in [0.5, 0.6) is 5.75 Å². The number of ether oxygens (including phenoxy) is 1. The molecule has 0 bridgehead atoms. The van der Waals surface area contributed by atoms with Crippen LogP contribution in [-0.4, -0.2) is 9.55 Å². The molecule has 0 fully saturated rings. The molecule has 0 spiro atoms. The number of nitrogens with zero attached hydrogens (tertiary/aromatic N) is 2. The minimum absolute atomic E-state index is 0.144. The molecule has 100 valence electrons. The van der Waals surface area contributed by atoms with Gasteiger partial charge in [-0.05, 0) is 13.0 Å². The highest BCUT2D eigenvalue weighted by atomic mass is 19.1. The summed E-state index contributed by atoms with van der Waals surface area (Å²) in [6.07, 6.45) is 4.05. The van der Waals surface area contributed by atoms with Gasteiger partial charge < -0.3 is 15.0 Å². The zero-order valence-electron chi connectivity index (χ0n) is 10.7. The highest BCUT2D eigenvalue weighted by Crippen LogP contribution is 2.39. The van der Waals surface area contributed by atoms with E-state index in [0.717, 1.165) is 17.8 Å². The second-order valence-corrected chi connectivity index (χ2v) is 4.74. The van der Waals surface area contributed by atoms with Crippen LogP contribution in [0.15, 0.2) is 30.7 Å². The van der Waals surface area contributed by atoms with E-state index in [1.54, 1.807) is 18.6 Å². The molecule has 0 radical (unpaired) electrons. The summed E-state index contributed by atoms with van der Waals surface area (Å²) in [4.78, 5) is 4.13. The smallest absolute Gasteiger partial charge is 0.142 e. The molecule has 1 aliphatic rings. The molecule has 2 aromatic rings. The highest BCUT2D eigenvalue weighted by molar-refractivity contribution is 5.39. The van der Waals surface area contributed by atoms with Crippen LogP contribution in [-0.2, 0) is 6.54 Å². The van der Waals surface area contributed by atoms with Gasteiger partial charge in [0.25, 0.3) is 0 Å². The molecule has 0 amide bonds. The Bertz CT molecular complexity index is 596. The molecule has 2 heterocycles. The van der Waals surface area contributed by atoms with Gasteiger partial charge >= 0.3 is 0 Å². The predicted octanol–water partition coefficient (Wildman–Crippen LogP) is 2.57. The average Bonchev–Trinajstić information content (AvgIpc) is 2.86. The summed E-state index contributed by atoms with van der Waals surface area (Å²) in [6.45, 7) is 2.86. The van der Waals surface area contributed by atoms with Gasteiger partial charge in [-0.15, -0.1) is 0 Å². The molecule has 0 saturated carbocycles. The highest BCUT2D eigenvalue weighted by Gasteiger charge is 2.29. The molecular weight excluding hydrogens is 245 g/mol. The Labute approximate surface area is 111 Å². The lowest BCUT2D eigenvalue weighted by Crippen LogP contribution is -2.25. The second kappa shape index (κ2) is 4.66. The van der Waals surface area contributed by atoms with Crippen molar-refractivity contribution >= 4 is 0 Å². The predicted molar refractivity (Wildman–Crippen MR) is 69.2 cm³/mol. The maximum absolute atomic E-state index is 13.3. The molecule has 1 aromatic heterocycles. The van der Waals surface area contributed by atoms with Gasteiger partial charge in [-0.1, -0.05) is 6.07 Å². The number of nitrogens with two attached hydrogens (primary N) is 1. The van der Waals surface area contributed by atoms with Crippen molar-refractivity contribution in [1.29, 1.82) is 0 Å². The van der Waals surface area contributed by atoms with Gasteiger partial charge in [-0.2, -0.15) is 0 Å². The molecule has 19 heavy (non-hydrogen) atoms. The Morgan fingerprint density at radius 3 is 3.16 bits per heavy atom. The minimum Gasteiger partial charge on any atom is -0.484 e. The molecule has 5 heteroatoms. The Balaban J connectivity index is 1.96. The topological polar surface area (TPSA) is 53.1 Å². The monoisotopic (exact) mass is 261 g/mol. The molecule has 2 N–H and O–H groups in total. The van der Waals surface area contributed by atoms with Gasteiger partial charge in [0.1, 0.15) is 17.7 Å². The molecule has 1 aromatic carbocycles. The Morgan fingerprint density at radius 2 is 2.37 bits per heavy atom. The summed E-state index contributed by atoms with van der Waals surface area (Å²) in [6, 6.07) is 4.37. The third kappa shape index (κ3) is 2.10. The number of imidazole rings is 1. The number of fused-ring (bicyclic) bond motifs is 1. The van der Waals surface area contributed by atoms with Gasteiger partial charge in [-0.3, -0.25) is 0 Å². The Kier molecular flexibility index (Phi) is 2.98. The maximum Gasteiger partial charge on any atom is 0.142 e. The van der Waals surface area contributed by atoms with Gasteiger partial charge in [0, 0.05) is 30.6 Å². The summed E-state index contributed by atoms with van der Waals surface area (Å²) in [5, 5.41) is 0. The molecule has 0 saturated heterocycles. The summed E-state index contributed by atoms with van der Waals surface area (Å²) < 4.78 is 21.2. The van der Waals surface area contributed by atoms with Crippen LogP contribution in [0.25, 0.3) is 0 Å². The number of rotatable bonds is 2. The zero-order chi connectivity index (χ0) is 13.4. The van der Waals surface area contributed by atoms with E-state index in [1.807, 2.05) is 11.5 Å². The van der Waals surface area contributed by atoms with Crippen molar-refractivity contribution in [3.8, 4) is 5.75 Å². The lowest BCUT2D eigenvalue weighted by Gasteiger charge is -2.30. The van der Waals surface area contributed by atoms with Crippen LogP contribution in [0.3, 0.4) is 0 Å². The van der Waals surface area contributed by atoms with E-state index < -0.39 is 0 Å². The van der Waals surface area contributed by atoms with E-state index in [-0.39, 0.29) is 18.0 Å². The number of benzene rings is 1. The Morgan fingerprint density at radius 1 is 1.53 bits per heavy atom. The number of aryl methyl sites for hydroxylation is 1. The van der Waals surface area contributed by atoms with Crippen LogP contribution in [0.4, 0.5) is 4.39 Å². The molecule has 0 aliphatic carbocycles. The third-order valence-corrected chi connectivity index (χ3v) is 3.53. The lowest BCUT2D eigenvalue weighted by molar-refractivity contribution is 0.152. The summed E-state index contributed by atoms with van der Waals surface area (Å²) in [5.41, 5.74) is 7.99. The Hall–Kier alpha value is -1.88. The van der Waals surface area contributed by atoms with Crippen molar-refractivity contribution in [1.82, 2.24) is 9.55 Å². The summed E-state index contributed by atoms with van der Waals surface area (Å²) in [5.74, 6) is 0.225. The molecule has 1 aliphatic heterocycles. The summed E-state index contributed by atoms with van der Waals surface area (Å²) >= 11 is 0. The van der Waals surface area contributed by atoms with Crippen LogP contribution in [0, 0.1) is 5.82 Å². The largest absolute Gasteiger partial charge is 0.484 e. The van der Waals surface area contributed by atoms with E-state index in [0.29, 0.717) is 12.2 Å². The van der Waals surface area contributed by atoms with Crippen LogP contribution >= 0.6 is 0 Å². The van der Waals surface area contributed by atoms with E-state index in [1.165, 1.54) is 12.1 Å². The molecule has 3 rings (SSSR count). The lowest BCUT2D eigenvalue weighted by atomic mass is 9.96. The van der Waals surface area contributed by atoms with Crippen LogP contribution in [0.1, 0.15) is 36.7 Å². The fraction of sp³-hybridized carbons (Fsp3) is 0.357. The SMILES string of the molecule is CCn1cncc1C1C[C@H](N)c2ccc(F)cc2O1. The first kappa shape index (κ1) is 12.2. The average molecular weight is 261 g/mol. The van der Waals surface area contributed by atoms with E-state index in [9.17, 15) is 4.39 Å². The molecular formula is C14H16FN3O. The fourth-order valence-corrected chi connectivity index (χ4v) is 2.52. The number of hydrogen-bond donors (Lipinski definition) is 1. The van der Waals surface area contributed by atoms with Gasteiger partial charge in [-0.25, -0.2) is 9.37 Å². The number of halogens is 1. The van der Waals surface area contributed by atoms with E-state index >= 15 is 0 Å². The van der Waals surface area contributed by atoms with Crippen LogP contribution < -0.4 is 10.5 Å². The van der Waals surface area contributed by atoms with Gasteiger partial charge in [0.15, 0.2) is 0 Å². The van der Waals surface area contributed by atoms with Crippen molar-refractivity contribution in [2.24, 2.45) is 5.73 Å². The minimum atomic E-state index is -0.310. The first-order valence-electron chi connectivity index (χ1n) is 6.40. The van der Waals surface area contributed by atoms with Crippen molar-refractivity contribution in [2.45, 2.75) is 32.0 Å². The quantitative estimate of drug-likeness (QED) is 0.904. The first-order valence-corrected chi connectivity index (χ1v) is 6.40. The van der Waals surface area contributed by atoms with Crippen molar-refractivity contribution < 1.29 is 9.13 Å². The normalized spacial score (nSPS) is 21.8. The zero-order valence-corrected chi connectivity index (χ0v) is 10.7. The molecule has 4 nitrogen and oxygen atoms in total. The van der Waals surface area contributed by atoms with Crippen molar-refractivity contribution in [2.75, 3.05) is 0 Å². The number of aromatic nitrogens is 2. The van der Waals surface area contributed by atoms with E-state index in [4.69, 9.17) is 10.5 Å². The fourth-order valence-electron chi connectivity index (χ4n) is 2.52. The first-order chi connectivity index (χ1) is 9.19.